The third-order valence-electron chi connectivity index (χ3n) is 3.38. The van der Waals surface area contributed by atoms with Gasteiger partial charge in [-0.25, -0.2) is 0 Å². The third-order valence-corrected chi connectivity index (χ3v) is 3.38. The van der Waals surface area contributed by atoms with Crippen LogP contribution in [0, 0.1) is 17.8 Å². The zero-order chi connectivity index (χ0) is 11.4. The first kappa shape index (κ1) is 12.5. The molecule has 3 nitrogen and oxygen atoms in total. The summed E-state index contributed by atoms with van der Waals surface area (Å²) in [5.74, 6) is 1.17. The Morgan fingerprint density at radius 1 is 1.47 bits per heavy atom. The van der Waals surface area contributed by atoms with Gasteiger partial charge in [0.2, 0.25) is 5.91 Å². The van der Waals surface area contributed by atoms with Crippen LogP contribution in [-0.4, -0.2) is 18.5 Å². The van der Waals surface area contributed by atoms with Gasteiger partial charge in [-0.05, 0) is 24.7 Å². The van der Waals surface area contributed by atoms with E-state index in [1.165, 1.54) is 0 Å². The molecule has 0 radical (unpaired) electrons. The lowest BCUT2D eigenvalue weighted by atomic mass is 9.77. The Kier molecular flexibility index (Phi) is 4.58. The van der Waals surface area contributed by atoms with E-state index in [0.29, 0.717) is 11.8 Å². The summed E-state index contributed by atoms with van der Waals surface area (Å²) in [6.07, 6.45) is 3.15. The lowest BCUT2D eigenvalue weighted by Crippen LogP contribution is -2.44. The molecular weight excluding hydrogens is 188 g/mol. The molecule has 0 bridgehead atoms. The van der Waals surface area contributed by atoms with E-state index in [1.807, 2.05) is 0 Å². The zero-order valence-electron chi connectivity index (χ0n) is 10.1. The Labute approximate surface area is 92.8 Å². The van der Waals surface area contributed by atoms with Crippen molar-refractivity contribution in [2.24, 2.45) is 23.5 Å². The quantitative estimate of drug-likeness (QED) is 0.745. The number of carbonyl (C=O) groups excluding carboxylic acids is 1. The Bertz CT molecular complexity index is 216. The van der Waals surface area contributed by atoms with Crippen molar-refractivity contribution in [3.8, 4) is 0 Å². The minimum atomic E-state index is 0.132. The molecule has 1 fully saturated rings. The fraction of sp³-hybridized carbons (Fsp3) is 0.917. The summed E-state index contributed by atoms with van der Waals surface area (Å²) in [7, 11) is 0. The van der Waals surface area contributed by atoms with Crippen molar-refractivity contribution in [3.63, 3.8) is 0 Å². The fourth-order valence-corrected chi connectivity index (χ4v) is 2.20. The second-order valence-corrected chi connectivity index (χ2v) is 5.20. The predicted octanol–water partition coefficient (Wildman–Crippen LogP) is 1.52. The van der Waals surface area contributed by atoms with Crippen molar-refractivity contribution in [1.29, 1.82) is 0 Å². The third kappa shape index (κ3) is 3.49. The van der Waals surface area contributed by atoms with Crippen molar-refractivity contribution < 1.29 is 4.79 Å². The highest BCUT2D eigenvalue weighted by Gasteiger charge is 2.32. The first-order valence-electron chi connectivity index (χ1n) is 6.05. The molecule has 0 aromatic heterocycles. The van der Waals surface area contributed by atoms with Gasteiger partial charge in [0.05, 0.1) is 0 Å². The first-order chi connectivity index (χ1) is 7.02. The first-order valence-corrected chi connectivity index (χ1v) is 6.05. The number of carbonyl (C=O) groups is 1. The highest BCUT2D eigenvalue weighted by molar-refractivity contribution is 5.79. The van der Waals surface area contributed by atoms with Gasteiger partial charge in [0, 0.05) is 18.5 Å². The monoisotopic (exact) mass is 212 g/mol. The molecule has 3 unspecified atom stereocenters. The van der Waals surface area contributed by atoms with Crippen LogP contribution in [0.5, 0.6) is 0 Å². The molecule has 1 amide bonds. The standard InChI is InChI=1S/C12H24N2O/c1-8(2)7-14-12(15)10-5-4-6-11(13)9(10)3/h8-11H,4-7,13H2,1-3H3,(H,14,15). The van der Waals surface area contributed by atoms with E-state index in [9.17, 15) is 4.79 Å². The van der Waals surface area contributed by atoms with Gasteiger partial charge in [-0.2, -0.15) is 0 Å². The molecule has 0 aliphatic heterocycles. The number of amides is 1. The van der Waals surface area contributed by atoms with Crippen LogP contribution in [0.1, 0.15) is 40.0 Å². The van der Waals surface area contributed by atoms with E-state index < -0.39 is 0 Å². The second-order valence-electron chi connectivity index (χ2n) is 5.20. The molecule has 0 aromatic rings. The van der Waals surface area contributed by atoms with E-state index in [-0.39, 0.29) is 17.9 Å². The molecule has 0 spiro atoms. The second kappa shape index (κ2) is 5.50. The Morgan fingerprint density at radius 3 is 2.73 bits per heavy atom. The van der Waals surface area contributed by atoms with E-state index in [4.69, 9.17) is 5.73 Å². The fourth-order valence-electron chi connectivity index (χ4n) is 2.20. The van der Waals surface area contributed by atoms with Crippen LogP contribution in [0.4, 0.5) is 0 Å². The highest BCUT2D eigenvalue weighted by atomic mass is 16.1. The van der Waals surface area contributed by atoms with E-state index in [0.717, 1.165) is 25.8 Å². The minimum absolute atomic E-state index is 0.132. The Morgan fingerprint density at radius 2 is 2.13 bits per heavy atom. The Balaban J connectivity index is 2.43. The number of nitrogens with two attached hydrogens (primary N) is 1. The van der Waals surface area contributed by atoms with Gasteiger partial charge >= 0.3 is 0 Å². The molecule has 88 valence electrons. The lowest BCUT2D eigenvalue weighted by Gasteiger charge is -2.33. The smallest absolute Gasteiger partial charge is 0.223 e. The van der Waals surface area contributed by atoms with Gasteiger partial charge in [0.1, 0.15) is 0 Å². The minimum Gasteiger partial charge on any atom is -0.356 e. The maximum atomic E-state index is 11.9. The van der Waals surface area contributed by atoms with Crippen molar-refractivity contribution in [3.05, 3.63) is 0 Å². The number of rotatable bonds is 3. The zero-order valence-corrected chi connectivity index (χ0v) is 10.1. The van der Waals surface area contributed by atoms with Crippen LogP contribution in [0.15, 0.2) is 0 Å². The molecule has 1 aliphatic rings. The molecule has 3 N–H and O–H groups in total. The van der Waals surface area contributed by atoms with Gasteiger partial charge in [-0.3, -0.25) is 4.79 Å². The van der Waals surface area contributed by atoms with Gasteiger partial charge < -0.3 is 11.1 Å². The van der Waals surface area contributed by atoms with Crippen molar-refractivity contribution >= 4 is 5.91 Å². The molecule has 1 saturated carbocycles. The summed E-state index contributed by atoms with van der Waals surface area (Å²) in [6, 6.07) is 0.202. The normalized spacial score (nSPS) is 31.7. The van der Waals surface area contributed by atoms with Gasteiger partial charge in [-0.1, -0.05) is 27.2 Å². The molecule has 3 heteroatoms. The van der Waals surface area contributed by atoms with Crippen LogP contribution < -0.4 is 11.1 Å². The van der Waals surface area contributed by atoms with E-state index in [1.54, 1.807) is 0 Å². The molecule has 3 atom stereocenters. The van der Waals surface area contributed by atoms with E-state index in [2.05, 4.69) is 26.1 Å². The SMILES string of the molecule is CC(C)CNC(=O)C1CCCC(N)C1C. The van der Waals surface area contributed by atoms with Gasteiger partial charge in [0.25, 0.3) is 0 Å². The molecule has 15 heavy (non-hydrogen) atoms. The topological polar surface area (TPSA) is 55.1 Å². The van der Waals surface area contributed by atoms with E-state index >= 15 is 0 Å². The summed E-state index contributed by atoms with van der Waals surface area (Å²) < 4.78 is 0. The molecule has 1 rings (SSSR count). The summed E-state index contributed by atoms with van der Waals surface area (Å²) >= 11 is 0. The lowest BCUT2D eigenvalue weighted by molar-refractivity contribution is -0.127. The van der Waals surface area contributed by atoms with Crippen molar-refractivity contribution in [1.82, 2.24) is 5.32 Å². The highest BCUT2D eigenvalue weighted by Crippen LogP contribution is 2.28. The average Bonchev–Trinajstić information content (AvgIpc) is 2.18. The number of hydrogen-bond donors (Lipinski definition) is 2. The summed E-state index contributed by atoms with van der Waals surface area (Å²) in [5, 5.41) is 3.01. The molecular formula is C12H24N2O. The van der Waals surface area contributed by atoms with Crippen LogP contribution >= 0.6 is 0 Å². The van der Waals surface area contributed by atoms with Crippen LogP contribution in [0.25, 0.3) is 0 Å². The molecule has 1 aliphatic carbocycles. The van der Waals surface area contributed by atoms with Crippen LogP contribution in [-0.2, 0) is 4.79 Å². The Hall–Kier alpha value is -0.570. The number of hydrogen-bond acceptors (Lipinski definition) is 2. The van der Waals surface area contributed by atoms with Crippen molar-refractivity contribution in [2.45, 2.75) is 46.1 Å². The molecule has 0 heterocycles. The van der Waals surface area contributed by atoms with Crippen molar-refractivity contribution in [2.75, 3.05) is 6.54 Å². The van der Waals surface area contributed by atoms with Crippen LogP contribution in [0.3, 0.4) is 0 Å². The average molecular weight is 212 g/mol. The summed E-state index contributed by atoms with van der Waals surface area (Å²) in [6.45, 7) is 7.09. The van der Waals surface area contributed by atoms with Gasteiger partial charge in [0.15, 0.2) is 0 Å². The van der Waals surface area contributed by atoms with Crippen LogP contribution in [0.2, 0.25) is 0 Å². The maximum absolute atomic E-state index is 11.9. The molecule has 0 aromatic carbocycles. The summed E-state index contributed by atoms with van der Waals surface area (Å²) in [5.41, 5.74) is 5.98. The maximum Gasteiger partial charge on any atom is 0.223 e. The predicted molar refractivity (Wildman–Crippen MR) is 62.3 cm³/mol. The largest absolute Gasteiger partial charge is 0.356 e. The molecule has 0 saturated heterocycles. The van der Waals surface area contributed by atoms with Gasteiger partial charge in [-0.15, -0.1) is 0 Å². The summed E-state index contributed by atoms with van der Waals surface area (Å²) in [4.78, 5) is 11.9. The number of nitrogens with one attached hydrogen (secondary N) is 1.